The molecule has 0 aromatic heterocycles. The lowest BCUT2D eigenvalue weighted by Crippen LogP contribution is -1.52. The predicted molar refractivity (Wildman–Crippen MR) is 19.4 cm³/mol. The third-order valence-electron chi connectivity index (χ3n) is 0.320. The van der Waals surface area contributed by atoms with E-state index in [9.17, 15) is 0 Å². The molecule has 0 radical (unpaired) electrons. The number of hydrogen-bond acceptors (Lipinski definition) is 8. The van der Waals surface area contributed by atoms with Crippen molar-refractivity contribution < 1.29 is 0 Å². The Hall–Kier alpha value is -1.60. The van der Waals surface area contributed by atoms with Crippen molar-refractivity contribution in [3.05, 3.63) is 0 Å². The van der Waals surface area contributed by atoms with E-state index in [4.69, 9.17) is 0 Å². The molecule has 0 saturated carbocycles. The fraction of sp³-hybridized carbons (Fsp3) is 0. The summed E-state index contributed by atoms with van der Waals surface area (Å²) in [6.45, 7) is 0. The molecule has 1 aliphatic heterocycles. The highest BCUT2D eigenvalue weighted by Gasteiger charge is 1.71. The molecule has 0 atom stereocenters. The minimum absolute atomic E-state index is 3.00. The second-order valence-electron chi connectivity index (χ2n) is 0.716. The van der Waals surface area contributed by atoms with Gasteiger partial charge in [-0.25, -0.2) is 0 Å². The summed E-state index contributed by atoms with van der Waals surface area (Å²) in [6, 6.07) is 0. The lowest BCUT2D eigenvalue weighted by molar-refractivity contribution is 0.722. The molecule has 0 aromatic rings. The molecule has 1 aliphatic rings. The van der Waals surface area contributed by atoms with Gasteiger partial charge >= 0.3 is 0 Å². The van der Waals surface area contributed by atoms with Gasteiger partial charge in [0.05, 0.1) is 0 Å². The van der Waals surface area contributed by atoms with E-state index in [0.717, 1.165) is 0 Å². The Morgan fingerprint density at radius 3 is 0.500 bits per heavy atom. The third kappa shape index (κ3) is 1.24. The first-order valence-corrected chi connectivity index (χ1v) is 1.60. The summed E-state index contributed by atoms with van der Waals surface area (Å²) < 4.78 is 0. The van der Waals surface area contributed by atoms with Crippen molar-refractivity contribution in [2.45, 2.75) is 0 Å². The molecular weight excluding hydrogens is 112 g/mol. The molecule has 0 spiro atoms. The van der Waals surface area contributed by atoms with Crippen LogP contribution < -0.4 is 0 Å². The van der Waals surface area contributed by atoms with Gasteiger partial charge in [0, 0.05) is 41.8 Å². The molecule has 0 fully saturated rings. The fourth-order valence-corrected chi connectivity index (χ4v) is 0.143. The molecule has 0 unspecified atom stereocenters. The molecule has 0 aliphatic carbocycles. The molecule has 1 rings (SSSR count). The van der Waals surface area contributed by atoms with Gasteiger partial charge in [-0.1, -0.05) is 0 Å². The molecule has 0 aromatic carbocycles. The van der Waals surface area contributed by atoms with Crippen LogP contribution in [0, 0.1) is 0 Å². The average Bonchev–Trinajstić information content (AvgIpc) is 1.62. The first kappa shape index (κ1) is 4.56. The topological polar surface area (TPSA) is 98.9 Å². The predicted octanol–water partition coefficient (Wildman–Crippen LogP) is 1.47. The second-order valence-corrected chi connectivity index (χ2v) is 0.716. The Morgan fingerprint density at radius 1 is 0.250 bits per heavy atom. The minimum Gasteiger partial charge on any atom is 0 e. The van der Waals surface area contributed by atoms with Gasteiger partial charge in [0.15, 0.2) is 0 Å². The highest BCUT2D eigenvalue weighted by atomic mass is 15.7. The normalized spacial score (nSPS) is 16.0. The van der Waals surface area contributed by atoms with E-state index in [1.54, 1.807) is 0 Å². The van der Waals surface area contributed by atoms with E-state index in [0.29, 0.717) is 0 Å². The molecule has 1 heterocycles. The van der Waals surface area contributed by atoms with E-state index in [-0.39, 0.29) is 0 Å². The van der Waals surface area contributed by atoms with Gasteiger partial charge in [-0.15, -0.1) is 0 Å². The van der Waals surface area contributed by atoms with E-state index in [2.05, 4.69) is 41.8 Å². The zero-order valence-corrected chi connectivity index (χ0v) is 3.58. The molecule has 0 N–H and O–H groups in total. The van der Waals surface area contributed by atoms with E-state index in [1.165, 1.54) is 0 Å². The molecular formula is N8. The Labute approximate surface area is 43.0 Å². The summed E-state index contributed by atoms with van der Waals surface area (Å²) in [5, 5.41) is 24.0. The molecule has 8 nitrogen and oxygen atoms in total. The lowest BCUT2D eigenvalue weighted by Gasteiger charge is -1.71. The zero-order valence-electron chi connectivity index (χ0n) is 3.58. The van der Waals surface area contributed by atoms with Crippen LogP contribution in [0.15, 0.2) is 41.8 Å². The van der Waals surface area contributed by atoms with Crippen molar-refractivity contribution in [3.8, 4) is 0 Å². The smallest absolute Gasteiger partial charge is 0 e. The van der Waals surface area contributed by atoms with Crippen LogP contribution in [0.5, 0.6) is 0 Å². The maximum atomic E-state index is 3.00. The number of nitrogens with zero attached hydrogens (tertiary/aromatic N) is 8. The third-order valence-corrected chi connectivity index (χ3v) is 0.320. The van der Waals surface area contributed by atoms with Gasteiger partial charge in [-0.2, -0.15) is 0 Å². The maximum Gasteiger partial charge on any atom is 0 e. The number of rotatable bonds is 0. The van der Waals surface area contributed by atoms with Crippen molar-refractivity contribution in [1.82, 2.24) is 0 Å². The van der Waals surface area contributed by atoms with Gasteiger partial charge in [-0.05, 0) is 0 Å². The van der Waals surface area contributed by atoms with Crippen LogP contribution in [0.2, 0.25) is 0 Å². The van der Waals surface area contributed by atoms with Crippen molar-refractivity contribution in [3.63, 3.8) is 0 Å². The van der Waals surface area contributed by atoms with Gasteiger partial charge in [0.25, 0.3) is 0 Å². The summed E-state index contributed by atoms with van der Waals surface area (Å²) in [6.07, 6.45) is 0. The standard InChI is InChI=1S/N8/c1-2-4-6-8-7-5-3-1. The van der Waals surface area contributed by atoms with Crippen molar-refractivity contribution >= 4 is 0 Å². The van der Waals surface area contributed by atoms with Gasteiger partial charge in [-0.3, -0.25) is 0 Å². The Bertz CT molecular complexity index is 101. The van der Waals surface area contributed by atoms with Crippen molar-refractivity contribution in [2.75, 3.05) is 0 Å². The molecule has 8 heteroatoms. The summed E-state index contributed by atoms with van der Waals surface area (Å²) >= 11 is 0. The van der Waals surface area contributed by atoms with Crippen LogP contribution in [0.4, 0.5) is 0 Å². The first-order valence-electron chi connectivity index (χ1n) is 1.60. The number of hydrogen-bond donors (Lipinski definition) is 0. The highest BCUT2D eigenvalue weighted by Crippen LogP contribution is 1.90. The largest absolute Gasteiger partial charge is 0 e. The minimum atomic E-state index is 3.00. The maximum absolute atomic E-state index is 3.00. The summed E-state index contributed by atoms with van der Waals surface area (Å²) in [7, 11) is 0. The molecule has 0 amide bonds. The molecule has 0 bridgehead atoms. The van der Waals surface area contributed by atoms with Crippen LogP contribution in [0.1, 0.15) is 0 Å². The fourth-order valence-electron chi connectivity index (χ4n) is 0.143. The quantitative estimate of drug-likeness (QED) is 0.453. The van der Waals surface area contributed by atoms with Crippen LogP contribution >= 0.6 is 0 Å². The van der Waals surface area contributed by atoms with Crippen LogP contribution in [0.25, 0.3) is 0 Å². The Kier molecular flexibility index (Phi) is 1.45. The Balaban J connectivity index is 2.67. The SMILES string of the molecule is N1=NN=NN=NN=N1. The van der Waals surface area contributed by atoms with Gasteiger partial charge < -0.3 is 0 Å². The van der Waals surface area contributed by atoms with Crippen molar-refractivity contribution in [2.24, 2.45) is 41.8 Å². The summed E-state index contributed by atoms with van der Waals surface area (Å²) in [4.78, 5) is 0. The van der Waals surface area contributed by atoms with Gasteiger partial charge in [0.2, 0.25) is 0 Å². The summed E-state index contributed by atoms with van der Waals surface area (Å²) in [5.74, 6) is 0. The van der Waals surface area contributed by atoms with Crippen LogP contribution in [-0.2, 0) is 0 Å². The van der Waals surface area contributed by atoms with E-state index in [1.807, 2.05) is 0 Å². The first-order chi connectivity index (χ1) is 4.00. The second kappa shape index (κ2) is 2.55. The van der Waals surface area contributed by atoms with Crippen LogP contribution in [0.3, 0.4) is 0 Å². The van der Waals surface area contributed by atoms with Crippen molar-refractivity contribution in [1.29, 1.82) is 0 Å². The molecule has 8 heavy (non-hydrogen) atoms. The monoisotopic (exact) mass is 112 g/mol. The average molecular weight is 112 g/mol. The van der Waals surface area contributed by atoms with E-state index >= 15 is 0 Å². The Morgan fingerprint density at radius 2 is 0.375 bits per heavy atom. The van der Waals surface area contributed by atoms with E-state index < -0.39 is 0 Å². The van der Waals surface area contributed by atoms with Crippen LogP contribution in [-0.4, -0.2) is 0 Å². The zero-order chi connectivity index (χ0) is 5.66. The van der Waals surface area contributed by atoms with Gasteiger partial charge in [0.1, 0.15) is 0 Å². The molecule has 40 valence electrons. The molecule has 0 saturated heterocycles. The summed E-state index contributed by atoms with van der Waals surface area (Å²) in [5.41, 5.74) is 0. The lowest BCUT2D eigenvalue weighted by atomic mass is 12.3. The highest BCUT2D eigenvalue weighted by molar-refractivity contribution is 4.14.